The molecule has 1 aliphatic rings. The fraction of sp³-hybridized carbons (Fsp3) is 0.769. The van der Waals surface area contributed by atoms with Gasteiger partial charge in [0.15, 0.2) is 0 Å². The summed E-state index contributed by atoms with van der Waals surface area (Å²) in [7, 11) is -3.55. The van der Waals surface area contributed by atoms with Crippen molar-refractivity contribution in [1.29, 1.82) is 0 Å². The van der Waals surface area contributed by atoms with Gasteiger partial charge in [0.1, 0.15) is 4.90 Å². The van der Waals surface area contributed by atoms with Crippen molar-refractivity contribution in [3.8, 4) is 0 Å². The number of ether oxygens (including phenoxy) is 1. The van der Waals surface area contributed by atoms with Crippen LogP contribution in [-0.2, 0) is 21.3 Å². The summed E-state index contributed by atoms with van der Waals surface area (Å²) in [6.45, 7) is 5.18. The molecule has 0 radical (unpaired) electrons. The van der Waals surface area contributed by atoms with Crippen LogP contribution < -0.4 is 0 Å². The second-order valence-corrected chi connectivity index (χ2v) is 7.19. The average molecular weight is 317 g/mol. The van der Waals surface area contributed by atoms with Crippen molar-refractivity contribution < 1.29 is 18.3 Å². The van der Waals surface area contributed by atoms with Crippen LogP contribution in [-0.4, -0.2) is 59.5 Å². The molecule has 2 heterocycles. The predicted molar refractivity (Wildman–Crippen MR) is 77.3 cm³/mol. The van der Waals surface area contributed by atoms with Gasteiger partial charge in [0.05, 0.1) is 18.9 Å². The van der Waals surface area contributed by atoms with E-state index in [1.54, 1.807) is 4.68 Å². The minimum Gasteiger partial charge on any atom is -0.396 e. The predicted octanol–water partition coefficient (Wildman–Crippen LogP) is 0.453. The van der Waals surface area contributed by atoms with Gasteiger partial charge in [0.2, 0.25) is 10.0 Å². The monoisotopic (exact) mass is 317 g/mol. The molecule has 1 aromatic heterocycles. The van der Waals surface area contributed by atoms with Gasteiger partial charge in [-0.05, 0) is 19.8 Å². The van der Waals surface area contributed by atoms with Crippen LogP contribution in [0, 0.1) is 0 Å². The van der Waals surface area contributed by atoms with Gasteiger partial charge in [-0.2, -0.15) is 9.40 Å². The lowest BCUT2D eigenvalue weighted by atomic mass is 10.2. The molecule has 7 nitrogen and oxygen atoms in total. The average Bonchev–Trinajstić information content (AvgIpc) is 2.94. The Morgan fingerprint density at radius 1 is 1.52 bits per heavy atom. The van der Waals surface area contributed by atoms with Gasteiger partial charge in [0.25, 0.3) is 0 Å². The first kappa shape index (κ1) is 16.4. The first-order valence-corrected chi connectivity index (χ1v) is 8.69. The SMILES string of the molecule is CCC1COC(C)CN1S(=O)(=O)c1cnn(CCCO)c1. The van der Waals surface area contributed by atoms with Crippen LogP contribution in [0.3, 0.4) is 0 Å². The van der Waals surface area contributed by atoms with E-state index in [1.165, 1.54) is 16.7 Å². The zero-order chi connectivity index (χ0) is 15.5. The number of rotatable bonds is 6. The maximum atomic E-state index is 12.8. The standard InChI is InChI=1S/C13H23N3O4S/c1-3-12-10-20-11(2)8-16(12)21(18,19)13-7-14-15(9-13)5-4-6-17/h7,9,11-12,17H,3-6,8,10H2,1-2H3. The van der Waals surface area contributed by atoms with Crippen LogP contribution in [0.5, 0.6) is 0 Å². The van der Waals surface area contributed by atoms with E-state index in [2.05, 4.69) is 5.10 Å². The molecule has 1 saturated heterocycles. The molecule has 0 spiro atoms. The summed E-state index contributed by atoms with van der Waals surface area (Å²) < 4.78 is 34.1. The molecule has 0 aromatic carbocycles. The smallest absolute Gasteiger partial charge is 0.246 e. The first-order valence-electron chi connectivity index (χ1n) is 7.25. The highest BCUT2D eigenvalue weighted by Gasteiger charge is 2.36. The molecule has 0 bridgehead atoms. The highest BCUT2D eigenvalue weighted by molar-refractivity contribution is 7.89. The summed E-state index contributed by atoms with van der Waals surface area (Å²) in [6, 6.07) is -0.132. The quantitative estimate of drug-likeness (QED) is 0.823. The first-order chi connectivity index (χ1) is 9.98. The number of nitrogens with zero attached hydrogens (tertiary/aromatic N) is 3. The van der Waals surface area contributed by atoms with Crippen molar-refractivity contribution in [2.45, 2.75) is 50.3 Å². The molecule has 120 valence electrons. The molecule has 8 heteroatoms. The van der Waals surface area contributed by atoms with Gasteiger partial charge in [-0.15, -0.1) is 0 Å². The second kappa shape index (κ2) is 6.87. The zero-order valence-electron chi connectivity index (χ0n) is 12.5. The molecule has 1 N–H and O–H groups in total. The maximum Gasteiger partial charge on any atom is 0.246 e. The van der Waals surface area contributed by atoms with Crippen molar-refractivity contribution in [2.24, 2.45) is 0 Å². The normalized spacial score (nSPS) is 24.3. The number of morpholine rings is 1. The van der Waals surface area contributed by atoms with Gasteiger partial charge in [0, 0.05) is 31.9 Å². The number of aromatic nitrogens is 2. The fourth-order valence-corrected chi connectivity index (χ4v) is 4.11. The number of sulfonamides is 1. The van der Waals surface area contributed by atoms with Crippen LogP contribution >= 0.6 is 0 Å². The molecular weight excluding hydrogens is 294 g/mol. The van der Waals surface area contributed by atoms with Crippen molar-refractivity contribution in [3.63, 3.8) is 0 Å². The minimum absolute atomic E-state index is 0.0564. The van der Waals surface area contributed by atoms with Crippen molar-refractivity contribution >= 4 is 10.0 Å². The lowest BCUT2D eigenvalue weighted by Crippen LogP contribution is -2.51. The summed E-state index contributed by atoms with van der Waals surface area (Å²) in [5.74, 6) is 0. The highest BCUT2D eigenvalue weighted by atomic mass is 32.2. The Balaban J connectivity index is 2.21. The molecule has 1 fully saturated rings. The molecule has 2 rings (SSSR count). The summed E-state index contributed by atoms with van der Waals surface area (Å²) in [6.07, 6.45) is 4.06. The molecule has 0 aliphatic carbocycles. The van der Waals surface area contributed by atoms with Gasteiger partial charge < -0.3 is 9.84 Å². The van der Waals surface area contributed by atoms with Gasteiger partial charge >= 0.3 is 0 Å². The van der Waals surface area contributed by atoms with Crippen LogP contribution in [0.4, 0.5) is 0 Å². The molecule has 1 aliphatic heterocycles. The molecule has 0 saturated carbocycles. The third kappa shape index (κ3) is 3.63. The van der Waals surface area contributed by atoms with E-state index >= 15 is 0 Å². The molecule has 1 aromatic rings. The fourth-order valence-electron chi connectivity index (χ4n) is 2.40. The van der Waals surface area contributed by atoms with Crippen molar-refractivity contribution in [3.05, 3.63) is 12.4 Å². The minimum atomic E-state index is -3.55. The Hall–Kier alpha value is -0.960. The lowest BCUT2D eigenvalue weighted by molar-refractivity contribution is -0.0230. The highest BCUT2D eigenvalue weighted by Crippen LogP contribution is 2.23. The third-order valence-electron chi connectivity index (χ3n) is 3.65. The molecule has 0 amide bonds. The Bertz CT molecular complexity index is 558. The van der Waals surface area contributed by atoms with Crippen molar-refractivity contribution in [1.82, 2.24) is 14.1 Å². The van der Waals surface area contributed by atoms with Crippen LogP contribution in [0.25, 0.3) is 0 Å². The lowest BCUT2D eigenvalue weighted by Gasteiger charge is -2.36. The molecule has 21 heavy (non-hydrogen) atoms. The molecule has 2 unspecified atom stereocenters. The summed E-state index contributed by atoms with van der Waals surface area (Å²) >= 11 is 0. The number of aliphatic hydroxyl groups is 1. The van der Waals surface area contributed by atoms with Crippen molar-refractivity contribution in [2.75, 3.05) is 19.8 Å². The largest absolute Gasteiger partial charge is 0.396 e. The number of aliphatic hydroxyl groups excluding tert-OH is 1. The Morgan fingerprint density at radius 3 is 2.95 bits per heavy atom. The van der Waals surface area contributed by atoms with E-state index < -0.39 is 10.0 Å². The van der Waals surface area contributed by atoms with Gasteiger partial charge in [-0.25, -0.2) is 8.42 Å². The Kier molecular flexibility index (Phi) is 5.37. The third-order valence-corrected chi connectivity index (χ3v) is 5.52. The number of hydrogen-bond acceptors (Lipinski definition) is 5. The summed E-state index contributed by atoms with van der Waals surface area (Å²) in [5.41, 5.74) is 0. The van der Waals surface area contributed by atoms with E-state index in [4.69, 9.17) is 9.84 Å². The second-order valence-electron chi connectivity index (χ2n) is 5.30. The molecular formula is C13H23N3O4S. The topological polar surface area (TPSA) is 84.7 Å². The van der Waals surface area contributed by atoms with Crippen LogP contribution in [0.15, 0.2) is 17.3 Å². The number of aryl methyl sites for hydroxylation is 1. The van der Waals surface area contributed by atoms with E-state index in [9.17, 15) is 8.42 Å². The zero-order valence-corrected chi connectivity index (χ0v) is 13.3. The van der Waals surface area contributed by atoms with E-state index in [1.807, 2.05) is 13.8 Å². The van der Waals surface area contributed by atoms with E-state index in [0.29, 0.717) is 32.5 Å². The van der Waals surface area contributed by atoms with Crippen LogP contribution in [0.2, 0.25) is 0 Å². The Morgan fingerprint density at radius 2 is 2.29 bits per heavy atom. The number of hydrogen-bond donors (Lipinski definition) is 1. The summed E-state index contributed by atoms with van der Waals surface area (Å²) in [4.78, 5) is 0.202. The van der Waals surface area contributed by atoms with Crippen LogP contribution in [0.1, 0.15) is 26.7 Å². The van der Waals surface area contributed by atoms with Gasteiger partial charge in [-0.1, -0.05) is 6.92 Å². The maximum absolute atomic E-state index is 12.8. The molecule has 2 atom stereocenters. The summed E-state index contributed by atoms with van der Waals surface area (Å²) in [5, 5.41) is 12.9. The van der Waals surface area contributed by atoms with E-state index in [0.717, 1.165) is 0 Å². The van der Waals surface area contributed by atoms with E-state index in [-0.39, 0.29) is 23.6 Å². The van der Waals surface area contributed by atoms with Gasteiger partial charge in [-0.3, -0.25) is 4.68 Å². The Labute approximate surface area is 125 Å².